The molecule has 1 aliphatic heterocycles. The Morgan fingerprint density at radius 2 is 1.47 bits per heavy atom. The summed E-state index contributed by atoms with van der Waals surface area (Å²) in [5.74, 6) is -2.05. The van der Waals surface area contributed by atoms with Crippen LogP contribution in [0.4, 0.5) is 5.69 Å². The van der Waals surface area contributed by atoms with Crippen molar-refractivity contribution in [1.29, 1.82) is 0 Å². The molecule has 1 saturated heterocycles. The molecule has 0 aromatic heterocycles. The van der Waals surface area contributed by atoms with Gasteiger partial charge in [-0.2, -0.15) is 0 Å². The Hall–Kier alpha value is -4.32. The van der Waals surface area contributed by atoms with E-state index in [0.717, 1.165) is 11.1 Å². The predicted octanol–water partition coefficient (Wildman–Crippen LogP) is 5.09. The minimum Gasteiger partial charge on any atom is -0.454 e. The van der Waals surface area contributed by atoms with Crippen molar-refractivity contribution in [2.45, 2.75) is 13.3 Å². The van der Waals surface area contributed by atoms with Crippen LogP contribution in [0.1, 0.15) is 34.1 Å². The highest BCUT2D eigenvalue weighted by Crippen LogP contribution is 2.40. The van der Waals surface area contributed by atoms with Crippen LogP contribution in [-0.2, 0) is 14.3 Å². The lowest BCUT2D eigenvalue weighted by Crippen LogP contribution is -2.31. The van der Waals surface area contributed by atoms with E-state index in [1.54, 1.807) is 24.3 Å². The summed E-state index contributed by atoms with van der Waals surface area (Å²) < 4.78 is 5.21. The quantitative estimate of drug-likeness (QED) is 0.213. The van der Waals surface area contributed by atoms with Crippen molar-refractivity contribution in [3.05, 3.63) is 102 Å². The molecule has 0 radical (unpaired) electrons. The van der Waals surface area contributed by atoms with Gasteiger partial charge in [-0.25, -0.2) is 4.79 Å². The van der Waals surface area contributed by atoms with Gasteiger partial charge in [-0.3, -0.25) is 19.3 Å². The highest BCUT2D eigenvalue weighted by molar-refractivity contribution is 6.22. The van der Waals surface area contributed by atoms with Gasteiger partial charge >= 0.3 is 5.97 Å². The molecule has 0 unspecified atom stereocenters. The van der Waals surface area contributed by atoms with Crippen LogP contribution in [0.15, 0.2) is 91.0 Å². The van der Waals surface area contributed by atoms with E-state index in [1.165, 1.54) is 17.0 Å². The maximum atomic E-state index is 12.9. The maximum Gasteiger partial charge on any atom is 0.338 e. The number of nitrogens with zero attached hydrogens (tertiary/aromatic N) is 1. The van der Waals surface area contributed by atoms with E-state index in [2.05, 4.69) is 0 Å². The Kier molecular flexibility index (Phi) is 6.34. The Balaban J connectivity index is 1.20. The summed E-state index contributed by atoms with van der Waals surface area (Å²) in [4.78, 5) is 52.0. The number of ether oxygens (including phenoxy) is 1. The molecule has 1 fully saturated rings. The van der Waals surface area contributed by atoms with Crippen LogP contribution < -0.4 is 4.90 Å². The lowest BCUT2D eigenvalue weighted by Gasteiger charge is -2.22. The molecule has 1 heterocycles. The highest BCUT2D eigenvalue weighted by Gasteiger charge is 2.50. The standard InChI is InChI=1S/C30H25NO5/c1-19-6-5-9-25-27(19)29(34)31(28(25)33)24-16-14-23(15-17-24)30(35)36-18-26(32)22-12-10-21(11-13-22)20-7-3-2-4-8-20/h2-8,10-17,19,25,27H,9,18H2,1H3/t19-,25-,27-/m1/s1. The second-order valence-corrected chi connectivity index (χ2v) is 9.16. The SMILES string of the molecule is C[C@@H]1C=CC[C@H]2C(=O)N(c3ccc(C(=O)OCC(=O)c4ccc(-c5ccccc5)cc4)cc3)C(=O)[C@H]12. The van der Waals surface area contributed by atoms with Gasteiger partial charge in [0.25, 0.3) is 0 Å². The molecule has 0 saturated carbocycles. The third-order valence-electron chi connectivity index (χ3n) is 6.88. The summed E-state index contributed by atoms with van der Waals surface area (Å²) in [5, 5.41) is 0. The molecule has 2 amide bonds. The monoisotopic (exact) mass is 479 g/mol. The number of hydrogen-bond acceptors (Lipinski definition) is 5. The van der Waals surface area contributed by atoms with Crippen molar-refractivity contribution in [3.63, 3.8) is 0 Å². The van der Waals surface area contributed by atoms with Crippen molar-refractivity contribution in [3.8, 4) is 11.1 Å². The van der Waals surface area contributed by atoms with Crippen LogP contribution in [-0.4, -0.2) is 30.2 Å². The molecule has 6 heteroatoms. The molecule has 1 aliphatic carbocycles. The zero-order valence-corrected chi connectivity index (χ0v) is 19.8. The lowest BCUT2D eigenvalue weighted by atomic mass is 9.78. The molecule has 180 valence electrons. The maximum absolute atomic E-state index is 12.9. The third kappa shape index (κ3) is 4.38. The summed E-state index contributed by atoms with van der Waals surface area (Å²) in [5.41, 5.74) is 3.15. The van der Waals surface area contributed by atoms with Crippen LogP contribution in [0, 0.1) is 17.8 Å². The van der Waals surface area contributed by atoms with Crippen LogP contribution >= 0.6 is 0 Å². The van der Waals surface area contributed by atoms with Crippen molar-refractivity contribution in [2.75, 3.05) is 11.5 Å². The number of esters is 1. The molecular weight excluding hydrogens is 454 g/mol. The topological polar surface area (TPSA) is 80.8 Å². The van der Waals surface area contributed by atoms with Crippen molar-refractivity contribution in [1.82, 2.24) is 0 Å². The minimum absolute atomic E-state index is 0.00605. The number of imide groups is 1. The van der Waals surface area contributed by atoms with E-state index < -0.39 is 5.97 Å². The van der Waals surface area contributed by atoms with E-state index in [0.29, 0.717) is 17.7 Å². The smallest absolute Gasteiger partial charge is 0.338 e. The summed E-state index contributed by atoms with van der Waals surface area (Å²) in [6.07, 6.45) is 4.50. The number of anilines is 1. The summed E-state index contributed by atoms with van der Waals surface area (Å²) in [7, 11) is 0. The molecule has 2 aliphatic rings. The number of amides is 2. The Bertz CT molecular complexity index is 1340. The molecule has 3 atom stereocenters. The van der Waals surface area contributed by atoms with Gasteiger partial charge in [0, 0.05) is 5.56 Å². The largest absolute Gasteiger partial charge is 0.454 e. The second kappa shape index (κ2) is 9.74. The van der Waals surface area contributed by atoms with Crippen molar-refractivity contribution in [2.24, 2.45) is 17.8 Å². The van der Waals surface area contributed by atoms with Gasteiger partial charge in [-0.05, 0) is 47.7 Å². The van der Waals surface area contributed by atoms with E-state index in [1.807, 2.05) is 61.5 Å². The average molecular weight is 480 g/mol. The Morgan fingerprint density at radius 3 is 2.14 bits per heavy atom. The number of fused-ring (bicyclic) bond motifs is 1. The first-order valence-electron chi connectivity index (χ1n) is 11.9. The lowest BCUT2D eigenvalue weighted by molar-refractivity contribution is -0.122. The summed E-state index contributed by atoms with van der Waals surface area (Å²) in [6.45, 7) is 1.56. The van der Waals surface area contributed by atoms with Crippen LogP contribution in [0.3, 0.4) is 0 Å². The van der Waals surface area contributed by atoms with E-state index in [9.17, 15) is 19.2 Å². The van der Waals surface area contributed by atoms with E-state index >= 15 is 0 Å². The minimum atomic E-state index is -0.652. The number of hydrogen-bond donors (Lipinski definition) is 0. The number of carbonyl (C=O) groups is 4. The first-order valence-corrected chi connectivity index (χ1v) is 11.9. The second-order valence-electron chi connectivity index (χ2n) is 9.16. The molecule has 3 aromatic carbocycles. The third-order valence-corrected chi connectivity index (χ3v) is 6.88. The van der Waals surface area contributed by atoms with E-state index in [-0.39, 0.29) is 47.5 Å². The first-order chi connectivity index (χ1) is 17.4. The Morgan fingerprint density at radius 1 is 0.833 bits per heavy atom. The van der Waals surface area contributed by atoms with Gasteiger partial charge in [0.2, 0.25) is 11.8 Å². The average Bonchev–Trinajstić information content (AvgIpc) is 3.18. The van der Waals surface area contributed by atoms with Gasteiger partial charge in [0.15, 0.2) is 12.4 Å². The number of Topliss-reactive ketones (excluding diaryl/α,β-unsaturated/α-hetero) is 1. The van der Waals surface area contributed by atoms with Crippen LogP contribution in [0.25, 0.3) is 11.1 Å². The first kappa shape index (κ1) is 23.4. The molecule has 6 nitrogen and oxygen atoms in total. The molecule has 0 bridgehead atoms. The van der Waals surface area contributed by atoms with Crippen molar-refractivity contribution < 1.29 is 23.9 Å². The zero-order chi connectivity index (χ0) is 25.2. The highest BCUT2D eigenvalue weighted by atomic mass is 16.5. The molecule has 5 rings (SSSR count). The molecule has 36 heavy (non-hydrogen) atoms. The number of carbonyl (C=O) groups excluding carboxylic acids is 4. The predicted molar refractivity (Wildman–Crippen MR) is 135 cm³/mol. The number of allylic oxidation sites excluding steroid dienone is 2. The van der Waals surface area contributed by atoms with Crippen LogP contribution in [0.5, 0.6) is 0 Å². The van der Waals surface area contributed by atoms with Gasteiger partial charge in [-0.1, -0.05) is 73.7 Å². The number of benzene rings is 3. The zero-order valence-electron chi connectivity index (χ0n) is 19.8. The molecule has 0 N–H and O–H groups in total. The Labute approximate surface area is 209 Å². The fourth-order valence-electron chi connectivity index (χ4n) is 4.93. The molecule has 3 aromatic rings. The summed E-state index contributed by atoms with van der Waals surface area (Å²) in [6, 6.07) is 23.1. The molecule has 0 spiro atoms. The fraction of sp³-hybridized carbons (Fsp3) is 0.200. The van der Waals surface area contributed by atoms with Crippen LogP contribution in [0.2, 0.25) is 0 Å². The van der Waals surface area contributed by atoms with E-state index in [4.69, 9.17) is 4.74 Å². The number of rotatable bonds is 6. The molecular formula is C30H25NO5. The van der Waals surface area contributed by atoms with Gasteiger partial charge < -0.3 is 4.74 Å². The summed E-state index contributed by atoms with van der Waals surface area (Å²) >= 11 is 0. The van der Waals surface area contributed by atoms with Gasteiger partial charge in [-0.15, -0.1) is 0 Å². The number of ketones is 1. The normalized spacial score (nSPS) is 20.8. The van der Waals surface area contributed by atoms with Gasteiger partial charge in [0.05, 0.1) is 23.1 Å². The fourth-order valence-corrected chi connectivity index (χ4v) is 4.93. The van der Waals surface area contributed by atoms with Crippen molar-refractivity contribution >= 4 is 29.3 Å². The van der Waals surface area contributed by atoms with Gasteiger partial charge in [0.1, 0.15) is 0 Å².